The van der Waals surface area contributed by atoms with Gasteiger partial charge >= 0.3 is 6.18 Å². The zero-order valence-corrected chi connectivity index (χ0v) is 3.77. The van der Waals surface area contributed by atoms with Crippen LogP contribution < -0.4 is 0 Å². The van der Waals surface area contributed by atoms with Gasteiger partial charge in [0.1, 0.15) is 6.29 Å². The molecule has 0 spiro atoms. The minimum Gasteiger partial charge on any atom is -0.299 e. The first-order valence-corrected chi connectivity index (χ1v) is 1.76. The van der Waals surface area contributed by atoms with Crippen molar-refractivity contribution < 1.29 is 18.0 Å². The van der Waals surface area contributed by atoms with E-state index >= 15 is 0 Å². The van der Waals surface area contributed by atoms with Crippen LogP contribution in [0.5, 0.6) is 0 Å². The van der Waals surface area contributed by atoms with Crippen LogP contribution in [-0.4, -0.2) is 12.5 Å². The molecule has 0 aliphatic heterocycles. The van der Waals surface area contributed by atoms with Crippen molar-refractivity contribution in [3.63, 3.8) is 0 Å². The molecule has 0 saturated carbocycles. The van der Waals surface area contributed by atoms with E-state index in [-0.39, 0.29) is 12.4 Å². The Labute approximate surface area is 43.8 Å². The first-order valence-electron chi connectivity index (χ1n) is 1.76. The number of alkyl halides is 3. The monoisotopic (exact) mass is 124 g/mol. The maximum Gasteiger partial charge on any atom is 0.409 e. The van der Waals surface area contributed by atoms with E-state index in [1.807, 2.05) is 0 Å². The predicted molar refractivity (Wildman–Crippen MR) is 21.3 cm³/mol. The second-order valence-corrected chi connectivity index (χ2v) is 1.04. The summed E-state index contributed by atoms with van der Waals surface area (Å²) in [6, 6.07) is 0. The lowest BCUT2D eigenvalue weighted by Gasteiger charge is -1.93. The van der Waals surface area contributed by atoms with Crippen LogP contribution in [0.1, 0.15) is 0 Å². The fourth-order valence-corrected chi connectivity index (χ4v) is 0.148. The maximum absolute atomic E-state index is 11.0. The molecular weight excluding hydrogens is 121 g/mol. The van der Waals surface area contributed by atoms with E-state index < -0.39 is 6.18 Å². The number of hydrogen-bond donors (Lipinski definition) is 0. The van der Waals surface area contributed by atoms with E-state index in [9.17, 15) is 18.0 Å². The third kappa shape index (κ3) is 5.20. The molecule has 0 aromatic rings. The van der Waals surface area contributed by atoms with Crippen molar-refractivity contribution in [3.05, 3.63) is 12.2 Å². The van der Waals surface area contributed by atoms with Gasteiger partial charge in [0.15, 0.2) is 0 Å². The Kier molecular flexibility index (Phi) is 2.24. The van der Waals surface area contributed by atoms with Gasteiger partial charge in [0.25, 0.3) is 0 Å². The lowest BCUT2D eigenvalue weighted by molar-refractivity contribution is -0.105. The molecule has 0 radical (unpaired) electrons. The van der Waals surface area contributed by atoms with E-state index in [0.29, 0.717) is 6.08 Å². The zero-order chi connectivity index (χ0) is 6.62. The highest BCUT2D eigenvalue weighted by molar-refractivity contribution is 5.64. The smallest absolute Gasteiger partial charge is 0.299 e. The minimum absolute atomic E-state index is 0.0769. The van der Waals surface area contributed by atoms with Crippen LogP contribution in [0.3, 0.4) is 0 Å². The van der Waals surface area contributed by atoms with Gasteiger partial charge in [0.2, 0.25) is 0 Å². The standard InChI is InChI=1S/C4H3F3O/c5-4(6,7)2-1-3-8/h1-3H. The Hall–Kier alpha value is -0.800. The fraction of sp³-hybridized carbons (Fsp3) is 0.250. The van der Waals surface area contributed by atoms with Gasteiger partial charge in [-0.05, 0) is 6.08 Å². The van der Waals surface area contributed by atoms with Crippen LogP contribution in [0, 0.1) is 0 Å². The van der Waals surface area contributed by atoms with Crippen molar-refractivity contribution in [2.24, 2.45) is 0 Å². The third-order valence-corrected chi connectivity index (χ3v) is 0.364. The average Bonchev–Trinajstić information content (AvgIpc) is 1.59. The molecule has 0 fully saturated rings. The number of halogens is 3. The summed E-state index contributed by atoms with van der Waals surface area (Å²) in [6.07, 6.45) is -4.01. The Morgan fingerprint density at radius 2 is 1.75 bits per heavy atom. The third-order valence-electron chi connectivity index (χ3n) is 0.364. The molecular formula is C4H3F3O. The molecule has 0 N–H and O–H groups in total. The molecule has 46 valence electrons. The van der Waals surface area contributed by atoms with Crippen molar-refractivity contribution in [3.8, 4) is 0 Å². The molecule has 4 heteroatoms. The highest BCUT2D eigenvalue weighted by Crippen LogP contribution is 2.14. The highest BCUT2D eigenvalue weighted by Gasteiger charge is 2.21. The lowest BCUT2D eigenvalue weighted by atomic mass is 10.5. The largest absolute Gasteiger partial charge is 0.409 e. The summed E-state index contributed by atoms with van der Waals surface area (Å²) in [7, 11) is 0. The SMILES string of the molecule is O=CC=CC(F)(F)F. The Balaban J connectivity index is 3.69. The minimum atomic E-state index is -4.36. The van der Waals surface area contributed by atoms with E-state index in [0.717, 1.165) is 0 Å². The van der Waals surface area contributed by atoms with Crippen molar-refractivity contribution in [1.29, 1.82) is 0 Å². The number of carbonyl (C=O) groups excluding carboxylic acids is 1. The van der Waals surface area contributed by atoms with Crippen LogP contribution >= 0.6 is 0 Å². The molecule has 0 unspecified atom stereocenters. The molecule has 0 rings (SSSR count). The molecule has 0 atom stereocenters. The second kappa shape index (κ2) is 2.49. The van der Waals surface area contributed by atoms with Crippen molar-refractivity contribution in [2.75, 3.05) is 0 Å². The highest BCUT2D eigenvalue weighted by atomic mass is 19.4. The number of aldehydes is 1. The molecule has 8 heavy (non-hydrogen) atoms. The molecule has 0 bridgehead atoms. The summed E-state index contributed by atoms with van der Waals surface area (Å²) in [5.41, 5.74) is 0. The van der Waals surface area contributed by atoms with Gasteiger partial charge < -0.3 is 0 Å². The number of rotatable bonds is 1. The van der Waals surface area contributed by atoms with Gasteiger partial charge in [-0.3, -0.25) is 4.79 Å². The summed E-state index contributed by atoms with van der Waals surface area (Å²) in [5, 5.41) is 0. The van der Waals surface area contributed by atoms with E-state index in [2.05, 4.69) is 0 Å². The van der Waals surface area contributed by atoms with Crippen molar-refractivity contribution in [1.82, 2.24) is 0 Å². The number of allylic oxidation sites excluding steroid dienone is 2. The zero-order valence-electron chi connectivity index (χ0n) is 3.77. The molecule has 0 aromatic heterocycles. The summed E-state index contributed by atoms with van der Waals surface area (Å²) < 4.78 is 33.0. The van der Waals surface area contributed by atoms with Gasteiger partial charge in [-0.25, -0.2) is 0 Å². The summed E-state index contributed by atoms with van der Waals surface area (Å²) in [4.78, 5) is 9.26. The average molecular weight is 124 g/mol. The van der Waals surface area contributed by atoms with Gasteiger partial charge in [0, 0.05) is 6.08 Å². The van der Waals surface area contributed by atoms with Crippen molar-refractivity contribution in [2.45, 2.75) is 6.18 Å². The lowest BCUT2D eigenvalue weighted by Crippen LogP contribution is -2.00. The Morgan fingerprint density at radius 1 is 1.25 bits per heavy atom. The van der Waals surface area contributed by atoms with Gasteiger partial charge in [-0.2, -0.15) is 13.2 Å². The predicted octanol–water partition coefficient (Wildman–Crippen LogP) is 1.30. The molecule has 0 aromatic carbocycles. The number of carbonyl (C=O) groups is 1. The molecule has 0 saturated heterocycles. The van der Waals surface area contributed by atoms with E-state index in [1.165, 1.54) is 0 Å². The van der Waals surface area contributed by atoms with E-state index in [4.69, 9.17) is 0 Å². The quantitative estimate of drug-likeness (QED) is 0.380. The van der Waals surface area contributed by atoms with Gasteiger partial charge in [-0.1, -0.05) is 0 Å². The first kappa shape index (κ1) is 7.20. The molecule has 1 nitrogen and oxygen atoms in total. The molecule has 0 aliphatic carbocycles. The fourth-order valence-electron chi connectivity index (χ4n) is 0.148. The topological polar surface area (TPSA) is 17.1 Å². The van der Waals surface area contributed by atoms with Gasteiger partial charge in [0.05, 0.1) is 0 Å². The van der Waals surface area contributed by atoms with Crippen LogP contribution in [0.15, 0.2) is 12.2 Å². The summed E-state index contributed by atoms with van der Waals surface area (Å²) >= 11 is 0. The van der Waals surface area contributed by atoms with Crippen molar-refractivity contribution >= 4 is 6.29 Å². The molecule has 0 amide bonds. The van der Waals surface area contributed by atoms with Crippen LogP contribution in [-0.2, 0) is 4.79 Å². The molecule has 0 heterocycles. The van der Waals surface area contributed by atoms with Crippen LogP contribution in [0.4, 0.5) is 13.2 Å². The maximum atomic E-state index is 11.0. The normalized spacial score (nSPS) is 12.4. The van der Waals surface area contributed by atoms with Gasteiger partial charge in [-0.15, -0.1) is 0 Å². The summed E-state index contributed by atoms with van der Waals surface area (Å²) in [6.45, 7) is 0. The van der Waals surface area contributed by atoms with E-state index in [1.54, 1.807) is 0 Å². The summed E-state index contributed by atoms with van der Waals surface area (Å²) in [5.74, 6) is 0. The second-order valence-electron chi connectivity index (χ2n) is 1.04. The first-order chi connectivity index (χ1) is 3.56. The van der Waals surface area contributed by atoms with Crippen LogP contribution in [0.2, 0.25) is 0 Å². The number of hydrogen-bond acceptors (Lipinski definition) is 1. The molecule has 0 aliphatic rings. The Bertz CT molecular complexity index is 102. The van der Waals surface area contributed by atoms with Crippen LogP contribution in [0.25, 0.3) is 0 Å². The Morgan fingerprint density at radius 3 is 1.88 bits per heavy atom.